The number of esters is 1. The van der Waals surface area contributed by atoms with Gasteiger partial charge in [-0.2, -0.15) is 0 Å². The molecule has 0 fully saturated rings. The molecule has 1 heterocycles. The second kappa shape index (κ2) is 8.80. The van der Waals surface area contributed by atoms with Gasteiger partial charge in [0.15, 0.2) is 0 Å². The summed E-state index contributed by atoms with van der Waals surface area (Å²) in [5.41, 5.74) is 1.58. The number of anilines is 1. The zero-order chi connectivity index (χ0) is 19.4. The third-order valence-electron chi connectivity index (χ3n) is 4.58. The number of rotatable bonds is 6. The van der Waals surface area contributed by atoms with Crippen molar-refractivity contribution in [3.63, 3.8) is 0 Å². The van der Waals surface area contributed by atoms with E-state index in [0.717, 1.165) is 35.5 Å². The van der Waals surface area contributed by atoms with Gasteiger partial charge in [0.2, 0.25) is 5.91 Å². The lowest BCUT2D eigenvalue weighted by Crippen LogP contribution is -2.17. The standard InChI is InChI=1S/C20H23NO4S2/c1-12-4-9-15-16(10-12)27-19(18(15)20(23)25-3)21-17(22)11-26-14-7-5-13(24-2)6-8-14/h5-8,12H,4,9-11H2,1-3H3,(H,21,22). The van der Waals surface area contributed by atoms with Crippen LogP contribution in [0, 0.1) is 5.92 Å². The molecule has 0 bridgehead atoms. The Labute approximate surface area is 167 Å². The van der Waals surface area contributed by atoms with Crippen molar-refractivity contribution >= 4 is 40.0 Å². The number of fused-ring (bicyclic) bond motifs is 1. The highest BCUT2D eigenvalue weighted by Gasteiger charge is 2.28. The van der Waals surface area contributed by atoms with Gasteiger partial charge in [-0.25, -0.2) is 4.79 Å². The van der Waals surface area contributed by atoms with Gasteiger partial charge in [-0.3, -0.25) is 4.79 Å². The lowest BCUT2D eigenvalue weighted by atomic mass is 9.88. The lowest BCUT2D eigenvalue weighted by molar-refractivity contribution is -0.113. The van der Waals surface area contributed by atoms with Crippen molar-refractivity contribution in [1.29, 1.82) is 0 Å². The van der Waals surface area contributed by atoms with E-state index >= 15 is 0 Å². The summed E-state index contributed by atoms with van der Waals surface area (Å²) in [5, 5.41) is 3.54. The molecule has 1 unspecified atom stereocenters. The predicted molar refractivity (Wildman–Crippen MR) is 109 cm³/mol. The van der Waals surface area contributed by atoms with Crippen molar-refractivity contribution in [3.8, 4) is 5.75 Å². The van der Waals surface area contributed by atoms with Gasteiger partial charge >= 0.3 is 5.97 Å². The Kier molecular flexibility index (Phi) is 6.44. The van der Waals surface area contributed by atoms with Crippen LogP contribution in [-0.2, 0) is 22.4 Å². The number of methoxy groups -OCH3 is 2. The van der Waals surface area contributed by atoms with Gasteiger partial charge in [0.05, 0.1) is 25.5 Å². The van der Waals surface area contributed by atoms with Gasteiger partial charge in [-0.1, -0.05) is 6.92 Å². The van der Waals surface area contributed by atoms with E-state index in [4.69, 9.17) is 9.47 Å². The molecule has 0 saturated heterocycles. The molecule has 0 radical (unpaired) electrons. The molecule has 1 N–H and O–H groups in total. The fourth-order valence-electron chi connectivity index (χ4n) is 3.14. The van der Waals surface area contributed by atoms with Gasteiger partial charge in [0, 0.05) is 9.77 Å². The maximum Gasteiger partial charge on any atom is 0.341 e. The van der Waals surface area contributed by atoms with Crippen LogP contribution in [0.1, 0.15) is 34.1 Å². The number of benzene rings is 1. The van der Waals surface area contributed by atoms with Crippen LogP contribution in [0.5, 0.6) is 5.75 Å². The summed E-state index contributed by atoms with van der Waals surface area (Å²) in [4.78, 5) is 26.9. The van der Waals surface area contributed by atoms with Crippen LogP contribution in [-0.4, -0.2) is 31.8 Å². The molecule has 144 valence electrons. The number of hydrogen-bond donors (Lipinski definition) is 1. The topological polar surface area (TPSA) is 64.6 Å². The molecular weight excluding hydrogens is 382 g/mol. The fourth-order valence-corrected chi connectivity index (χ4v) is 5.25. The largest absolute Gasteiger partial charge is 0.497 e. The molecule has 1 amide bonds. The van der Waals surface area contributed by atoms with E-state index in [9.17, 15) is 9.59 Å². The third kappa shape index (κ3) is 4.65. The Bertz CT molecular complexity index is 829. The first-order valence-electron chi connectivity index (χ1n) is 8.81. The molecule has 7 heteroatoms. The molecule has 1 aliphatic rings. The van der Waals surface area contributed by atoms with Crippen molar-refractivity contribution < 1.29 is 19.1 Å². The molecule has 1 aromatic heterocycles. The minimum Gasteiger partial charge on any atom is -0.497 e. The van der Waals surface area contributed by atoms with Crippen LogP contribution in [0.25, 0.3) is 0 Å². The summed E-state index contributed by atoms with van der Waals surface area (Å²) in [6.45, 7) is 2.21. The minimum absolute atomic E-state index is 0.132. The zero-order valence-corrected chi connectivity index (χ0v) is 17.3. The summed E-state index contributed by atoms with van der Waals surface area (Å²) >= 11 is 2.95. The van der Waals surface area contributed by atoms with Gasteiger partial charge in [-0.05, 0) is 55.0 Å². The van der Waals surface area contributed by atoms with Crippen molar-refractivity contribution in [2.24, 2.45) is 5.92 Å². The van der Waals surface area contributed by atoms with Crippen molar-refractivity contribution in [2.45, 2.75) is 31.1 Å². The van der Waals surface area contributed by atoms with E-state index in [2.05, 4.69) is 12.2 Å². The van der Waals surface area contributed by atoms with Crippen LogP contribution in [0.3, 0.4) is 0 Å². The van der Waals surface area contributed by atoms with E-state index in [-0.39, 0.29) is 17.6 Å². The first kappa shape index (κ1) is 19.8. The highest BCUT2D eigenvalue weighted by atomic mass is 32.2. The number of amides is 1. The molecular formula is C20H23NO4S2. The molecule has 1 aliphatic carbocycles. The summed E-state index contributed by atoms with van der Waals surface area (Å²) < 4.78 is 10.1. The number of carbonyl (C=O) groups excluding carboxylic acids is 2. The third-order valence-corrected chi connectivity index (χ3v) is 6.77. The monoisotopic (exact) mass is 405 g/mol. The van der Waals surface area contributed by atoms with Crippen LogP contribution < -0.4 is 10.1 Å². The molecule has 0 saturated carbocycles. The van der Waals surface area contributed by atoms with Crippen molar-refractivity contribution in [1.82, 2.24) is 0 Å². The van der Waals surface area contributed by atoms with E-state index in [1.807, 2.05) is 24.3 Å². The Morgan fingerprint density at radius 2 is 2.00 bits per heavy atom. The summed E-state index contributed by atoms with van der Waals surface area (Å²) in [5.74, 6) is 1.14. The van der Waals surface area contributed by atoms with E-state index in [1.165, 1.54) is 35.1 Å². The zero-order valence-electron chi connectivity index (χ0n) is 15.7. The van der Waals surface area contributed by atoms with Crippen LogP contribution >= 0.6 is 23.1 Å². The summed E-state index contributed by atoms with van der Waals surface area (Å²) in [6.07, 6.45) is 2.85. The maximum absolute atomic E-state index is 12.4. The number of nitrogens with one attached hydrogen (secondary N) is 1. The van der Waals surface area contributed by atoms with Gasteiger partial charge in [0.25, 0.3) is 0 Å². The van der Waals surface area contributed by atoms with Crippen LogP contribution in [0.4, 0.5) is 5.00 Å². The Morgan fingerprint density at radius 3 is 2.67 bits per heavy atom. The Balaban J connectivity index is 1.70. The number of thiophene rings is 1. The predicted octanol–water partition coefficient (Wildman–Crippen LogP) is 4.40. The van der Waals surface area contributed by atoms with Crippen LogP contribution in [0.15, 0.2) is 29.2 Å². The van der Waals surface area contributed by atoms with E-state index in [0.29, 0.717) is 16.5 Å². The molecule has 3 rings (SSSR count). The second-order valence-electron chi connectivity index (χ2n) is 6.56. The quantitative estimate of drug-likeness (QED) is 0.570. The number of hydrogen-bond acceptors (Lipinski definition) is 6. The maximum atomic E-state index is 12.4. The van der Waals surface area contributed by atoms with Crippen LogP contribution in [0.2, 0.25) is 0 Å². The molecule has 5 nitrogen and oxygen atoms in total. The van der Waals surface area contributed by atoms with Gasteiger partial charge < -0.3 is 14.8 Å². The molecule has 0 aliphatic heterocycles. The fraction of sp³-hybridized carbons (Fsp3) is 0.400. The molecule has 1 atom stereocenters. The average molecular weight is 406 g/mol. The molecule has 1 aromatic carbocycles. The van der Waals surface area contributed by atoms with Crippen molar-refractivity contribution in [3.05, 3.63) is 40.3 Å². The molecule has 27 heavy (non-hydrogen) atoms. The lowest BCUT2D eigenvalue weighted by Gasteiger charge is -2.18. The first-order chi connectivity index (χ1) is 13.0. The molecule has 2 aromatic rings. The second-order valence-corrected chi connectivity index (χ2v) is 8.71. The normalized spacial score (nSPS) is 15.7. The molecule has 0 spiro atoms. The smallest absolute Gasteiger partial charge is 0.341 e. The number of carbonyl (C=O) groups is 2. The highest BCUT2D eigenvalue weighted by Crippen LogP contribution is 2.40. The first-order valence-corrected chi connectivity index (χ1v) is 10.6. The summed E-state index contributed by atoms with van der Waals surface area (Å²) in [6, 6.07) is 7.57. The number of ether oxygens (including phenoxy) is 2. The number of thioether (sulfide) groups is 1. The SMILES string of the molecule is COC(=O)c1c(NC(=O)CSc2ccc(OC)cc2)sc2c1CCC(C)C2. The van der Waals surface area contributed by atoms with E-state index in [1.54, 1.807) is 7.11 Å². The Hall–Kier alpha value is -1.99. The Morgan fingerprint density at radius 1 is 1.26 bits per heavy atom. The minimum atomic E-state index is -0.375. The summed E-state index contributed by atoms with van der Waals surface area (Å²) in [7, 11) is 3.00. The average Bonchev–Trinajstić information content (AvgIpc) is 3.02. The van der Waals surface area contributed by atoms with Gasteiger partial charge in [-0.15, -0.1) is 23.1 Å². The van der Waals surface area contributed by atoms with Crippen molar-refractivity contribution in [2.75, 3.05) is 25.3 Å². The highest BCUT2D eigenvalue weighted by molar-refractivity contribution is 8.00. The van der Waals surface area contributed by atoms with E-state index < -0.39 is 0 Å². The van der Waals surface area contributed by atoms with Gasteiger partial charge in [0.1, 0.15) is 10.8 Å².